The van der Waals surface area contributed by atoms with Gasteiger partial charge in [-0.05, 0) is 37.3 Å². The van der Waals surface area contributed by atoms with Gasteiger partial charge in [-0.25, -0.2) is 0 Å². The van der Waals surface area contributed by atoms with E-state index in [-0.39, 0.29) is 39.7 Å². The van der Waals surface area contributed by atoms with Gasteiger partial charge in [-0.3, -0.25) is 14.3 Å². The van der Waals surface area contributed by atoms with Crippen molar-refractivity contribution in [2.75, 3.05) is 17.3 Å². The molecule has 1 aromatic heterocycles. The molecule has 1 aliphatic rings. The molecule has 10 heteroatoms. The molecule has 2 heterocycles. The van der Waals surface area contributed by atoms with Gasteiger partial charge in [0.2, 0.25) is 0 Å². The van der Waals surface area contributed by atoms with Crippen molar-refractivity contribution >= 4 is 23.2 Å². The first-order valence-corrected chi connectivity index (χ1v) is 12.1. The highest BCUT2D eigenvalue weighted by Gasteiger charge is 2.37. The lowest BCUT2D eigenvalue weighted by Gasteiger charge is -2.34. The first-order valence-electron chi connectivity index (χ1n) is 12.1. The number of hydrogen-bond donors (Lipinski definition) is 1. The zero-order chi connectivity index (χ0) is 27.7. The molecule has 8 nitrogen and oxygen atoms in total. The molecule has 0 radical (unpaired) electrons. The van der Waals surface area contributed by atoms with E-state index in [1.165, 1.54) is 77.5 Å². The maximum absolute atomic E-state index is 15.0. The Labute approximate surface area is 223 Å². The molecule has 0 fully saturated rings. The first-order chi connectivity index (χ1) is 18.7. The number of hydrogen-bond acceptors (Lipinski definition) is 5. The van der Waals surface area contributed by atoms with Crippen molar-refractivity contribution in [1.82, 2.24) is 9.78 Å². The summed E-state index contributed by atoms with van der Waals surface area (Å²) in [5, 5.41) is 16.3. The fourth-order valence-electron chi connectivity index (χ4n) is 4.64. The highest BCUT2D eigenvalue weighted by atomic mass is 19.3. The molecule has 0 aliphatic carbocycles. The molecule has 0 saturated heterocycles. The van der Waals surface area contributed by atoms with Crippen LogP contribution in [0.1, 0.15) is 44.5 Å². The fraction of sp³-hybridized carbons (Fsp3) is 0.172. The van der Waals surface area contributed by atoms with Crippen LogP contribution in [-0.2, 0) is 12.5 Å². The number of halogens is 2. The number of nitrogens with zero attached hydrogens (tertiary/aromatic N) is 4. The largest absolute Gasteiger partial charge is 0.495 e. The van der Waals surface area contributed by atoms with Gasteiger partial charge in [0.05, 0.1) is 37.1 Å². The van der Waals surface area contributed by atoms with Crippen LogP contribution < -0.4 is 15.0 Å². The van der Waals surface area contributed by atoms with E-state index in [2.05, 4.69) is 10.4 Å². The van der Waals surface area contributed by atoms with Crippen molar-refractivity contribution in [3.8, 4) is 11.8 Å². The number of ether oxygens (including phenoxy) is 1. The van der Waals surface area contributed by atoms with Crippen molar-refractivity contribution in [3.63, 3.8) is 0 Å². The number of carbonyl (C=O) groups is 2. The van der Waals surface area contributed by atoms with E-state index < -0.39 is 17.7 Å². The second kappa shape index (κ2) is 10.0. The summed E-state index contributed by atoms with van der Waals surface area (Å²) < 4.78 is 36.7. The molecule has 3 aromatic carbocycles. The third-order valence-electron chi connectivity index (χ3n) is 6.61. The monoisotopic (exact) mass is 527 g/mol. The number of aromatic nitrogens is 2. The van der Waals surface area contributed by atoms with E-state index in [4.69, 9.17) is 4.74 Å². The maximum atomic E-state index is 15.0. The Kier molecular flexibility index (Phi) is 6.58. The van der Waals surface area contributed by atoms with Gasteiger partial charge < -0.3 is 15.0 Å². The van der Waals surface area contributed by atoms with Crippen LogP contribution in [-0.4, -0.2) is 34.7 Å². The van der Waals surface area contributed by atoms with Gasteiger partial charge >= 0.3 is 0 Å². The summed E-state index contributed by atoms with van der Waals surface area (Å²) in [5.41, 5.74) is 0.888. The van der Waals surface area contributed by atoms with Crippen LogP contribution in [0.4, 0.5) is 20.2 Å². The molecule has 0 unspecified atom stereocenters. The van der Waals surface area contributed by atoms with E-state index in [9.17, 15) is 14.9 Å². The van der Waals surface area contributed by atoms with E-state index >= 15 is 8.78 Å². The third kappa shape index (κ3) is 4.59. The van der Waals surface area contributed by atoms with Gasteiger partial charge in [-0.15, -0.1) is 0 Å². The summed E-state index contributed by atoms with van der Waals surface area (Å²) in [4.78, 5) is 28.1. The second-order valence-corrected chi connectivity index (χ2v) is 9.08. The van der Waals surface area contributed by atoms with E-state index in [0.717, 1.165) is 0 Å². The van der Waals surface area contributed by atoms with Gasteiger partial charge in [0.15, 0.2) is 0 Å². The van der Waals surface area contributed by atoms with Gasteiger partial charge in [0.1, 0.15) is 17.5 Å². The molecular formula is C29H23F2N5O3. The number of methoxy groups -OCH3 is 1. The first kappa shape index (κ1) is 25.6. The molecule has 1 atom stereocenters. The molecule has 196 valence electrons. The Morgan fingerprint density at radius 2 is 1.79 bits per heavy atom. The van der Waals surface area contributed by atoms with E-state index in [0.29, 0.717) is 18.0 Å². The number of rotatable bonds is 6. The minimum Gasteiger partial charge on any atom is -0.495 e. The molecular weight excluding hydrogens is 504 g/mol. The number of alkyl halides is 2. The van der Waals surface area contributed by atoms with Crippen molar-refractivity contribution in [1.29, 1.82) is 5.26 Å². The smallest absolute Gasteiger partial charge is 0.298 e. The zero-order valence-electron chi connectivity index (χ0n) is 21.1. The second-order valence-electron chi connectivity index (χ2n) is 9.08. The van der Waals surface area contributed by atoms with Crippen molar-refractivity contribution in [3.05, 3.63) is 107 Å². The topological polar surface area (TPSA) is 100 Å². The average molecular weight is 528 g/mol. The van der Waals surface area contributed by atoms with Crippen LogP contribution in [0.3, 0.4) is 0 Å². The van der Waals surface area contributed by atoms with Crippen LogP contribution in [0.25, 0.3) is 0 Å². The molecule has 0 saturated carbocycles. The molecule has 39 heavy (non-hydrogen) atoms. The summed E-state index contributed by atoms with van der Waals surface area (Å²) in [7, 11) is 1.43. The summed E-state index contributed by atoms with van der Waals surface area (Å²) in [5.74, 6) is -3.82. The lowest BCUT2D eigenvalue weighted by Crippen LogP contribution is -2.47. The molecule has 5 rings (SSSR count). The van der Waals surface area contributed by atoms with Crippen LogP contribution in [0, 0.1) is 11.3 Å². The Morgan fingerprint density at radius 1 is 1.10 bits per heavy atom. The number of benzene rings is 3. The van der Waals surface area contributed by atoms with Gasteiger partial charge in [0, 0.05) is 22.4 Å². The van der Waals surface area contributed by atoms with Crippen molar-refractivity contribution < 1.29 is 23.1 Å². The highest BCUT2D eigenvalue weighted by molar-refractivity contribution is 6.13. The minimum absolute atomic E-state index is 0.122. The molecule has 1 N–H and O–H groups in total. The Hall–Kier alpha value is -5.04. The maximum Gasteiger partial charge on any atom is 0.298 e. The molecule has 1 aliphatic heterocycles. The summed E-state index contributed by atoms with van der Waals surface area (Å²) >= 11 is 0. The molecule has 2 amide bonds. The van der Waals surface area contributed by atoms with Gasteiger partial charge in [-0.2, -0.15) is 19.1 Å². The standard InChI is InChI=1S/C29H23F2N5O3/c1-18-17-35-26(24(16-33-35)34-27(37)19-8-13-25(39-2)20(14-19)15-32)28(38)36(18)23-11-9-22(10-12-23)29(30,31)21-6-4-3-5-7-21/h3-14,16,18H,17H2,1-2H3,(H,34,37)/t18-/m0/s1. The SMILES string of the molecule is COc1ccc(C(=O)Nc2cnn3c2C(=O)N(c2ccc(C(F)(F)c4ccccc4)cc2)[C@@H](C)C3)cc1C#N. The molecule has 0 bridgehead atoms. The quantitative estimate of drug-likeness (QED) is 0.371. The van der Waals surface area contributed by atoms with Gasteiger partial charge in [0.25, 0.3) is 17.7 Å². The van der Waals surface area contributed by atoms with Crippen molar-refractivity contribution in [2.24, 2.45) is 0 Å². The zero-order valence-corrected chi connectivity index (χ0v) is 21.1. The number of nitriles is 1. The van der Waals surface area contributed by atoms with Crippen LogP contribution in [0.2, 0.25) is 0 Å². The van der Waals surface area contributed by atoms with Gasteiger partial charge in [-0.1, -0.05) is 42.5 Å². The van der Waals surface area contributed by atoms with E-state index in [1.54, 1.807) is 18.2 Å². The van der Waals surface area contributed by atoms with Crippen LogP contribution in [0.15, 0.2) is 79.0 Å². The number of anilines is 2. The Morgan fingerprint density at radius 3 is 2.46 bits per heavy atom. The predicted molar refractivity (Wildman–Crippen MR) is 140 cm³/mol. The molecule has 4 aromatic rings. The van der Waals surface area contributed by atoms with Crippen LogP contribution in [0.5, 0.6) is 5.75 Å². The minimum atomic E-state index is -3.19. The third-order valence-corrected chi connectivity index (χ3v) is 6.61. The van der Waals surface area contributed by atoms with Crippen LogP contribution >= 0.6 is 0 Å². The fourth-order valence-corrected chi connectivity index (χ4v) is 4.64. The Balaban J connectivity index is 1.40. The summed E-state index contributed by atoms with van der Waals surface area (Å²) in [6.45, 7) is 2.16. The van der Waals surface area contributed by atoms with Crippen molar-refractivity contribution in [2.45, 2.75) is 25.4 Å². The highest BCUT2D eigenvalue weighted by Crippen LogP contribution is 2.37. The number of fused-ring (bicyclic) bond motifs is 1. The normalized spacial score (nSPS) is 14.9. The number of carbonyl (C=O) groups excluding carboxylic acids is 2. The summed E-state index contributed by atoms with van der Waals surface area (Å²) in [6.07, 6.45) is 1.39. The Bertz CT molecular complexity index is 1590. The van der Waals surface area contributed by atoms with E-state index in [1.807, 2.05) is 13.0 Å². The average Bonchev–Trinajstić information content (AvgIpc) is 3.35. The number of amides is 2. The number of nitrogens with one attached hydrogen (secondary N) is 1. The summed E-state index contributed by atoms with van der Waals surface area (Å²) in [6, 6.07) is 19.2. The lowest BCUT2D eigenvalue weighted by molar-refractivity contribution is 0.0428. The molecule has 0 spiro atoms. The lowest BCUT2D eigenvalue weighted by atomic mass is 9.99. The predicted octanol–water partition coefficient (Wildman–Crippen LogP) is 5.20.